The van der Waals surface area contributed by atoms with Crippen LogP contribution in [0, 0.1) is 5.82 Å². The SMILES string of the molecule is CC=CC(=O)OCC(=O)Nc1ccccc1F. The molecule has 0 unspecified atom stereocenters. The van der Waals surface area contributed by atoms with Gasteiger partial charge < -0.3 is 10.1 Å². The highest BCUT2D eigenvalue weighted by molar-refractivity contribution is 5.93. The normalized spacial score (nSPS) is 10.2. The van der Waals surface area contributed by atoms with Crippen molar-refractivity contribution >= 4 is 17.6 Å². The molecule has 4 nitrogen and oxygen atoms in total. The third kappa shape index (κ3) is 4.46. The molecule has 0 bridgehead atoms. The number of halogens is 1. The van der Waals surface area contributed by atoms with E-state index in [0.29, 0.717) is 0 Å². The Balaban J connectivity index is 2.45. The first kappa shape index (κ1) is 12.9. The monoisotopic (exact) mass is 237 g/mol. The van der Waals surface area contributed by atoms with E-state index in [1.807, 2.05) is 0 Å². The number of ether oxygens (including phenoxy) is 1. The van der Waals surface area contributed by atoms with Gasteiger partial charge in [0.25, 0.3) is 5.91 Å². The summed E-state index contributed by atoms with van der Waals surface area (Å²) in [6, 6.07) is 5.74. The predicted molar refractivity (Wildman–Crippen MR) is 60.8 cm³/mol. The van der Waals surface area contributed by atoms with E-state index in [1.54, 1.807) is 13.0 Å². The molecule has 1 N–H and O–H groups in total. The van der Waals surface area contributed by atoms with Gasteiger partial charge in [0.05, 0.1) is 5.69 Å². The quantitative estimate of drug-likeness (QED) is 0.642. The van der Waals surface area contributed by atoms with Crippen molar-refractivity contribution in [3.05, 3.63) is 42.2 Å². The number of nitrogens with one attached hydrogen (secondary N) is 1. The molecule has 0 aliphatic carbocycles. The first-order valence-electron chi connectivity index (χ1n) is 4.97. The largest absolute Gasteiger partial charge is 0.452 e. The second-order valence-electron chi connectivity index (χ2n) is 3.14. The van der Waals surface area contributed by atoms with Crippen molar-refractivity contribution in [3.63, 3.8) is 0 Å². The van der Waals surface area contributed by atoms with Crippen molar-refractivity contribution in [2.45, 2.75) is 6.92 Å². The van der Waals surface area contributed by atoms with Crippen LogP contribution in [0.25, 0.3) is 0 Å². The molecule has 1 rings (SSSR count). The van der Waals surface area contributed by atoms with E-state index in [-0.39, 0.29) is 5.69 Å². The minimum atomic E-state index is -0.615. The maximum Gasteiger partial charge on any atom is 0.330 e. The number of amides is 1. The number of anilines is 1. The first-order valence-corrected chi connectivity index (χ1v) is 4.97. The van der Waals surface area contributed by atoms with Gasteiger partial charge in [-0.25, -0.2) is 9.18 Å². The molecule has 17 heavy (non-hydrogen) atoms. The molecule has 0 spiro atoms. The lowest BCUT2D eigenvalue weighted by molar-refractivity contribution is -0.142. The van der Waals surface area contributed by atoms with E-state index in [9.17, 15) is 14.0 Å². The Bertz CT molecular complexity index is 443. The van der Waals surface area contributed by atoms with E-state index in [2.05, 4.69) is 10.1 Å². The molecule has 90 valence electrons. The summed E-state index contributed by atoms with van der Waals surface area (Å²) in [5.41, 5.74) is 0.0552. The standard InChI is InChI=1S/C12H12FNO3/c1-2-5-12(16)17-8-11(15)14-10-7-4-3-6-9(10)13/h2-7H,8H2,1H3,(H,14,15). The summed E-state index contributed by atoms with van der Waals surface area (Å²) in [5.74, 6) is -1.75. The summed E-state index contributed by atoms with van der Waals surface area (Å²) >= 11 is 0. The summed E-state index contributed by atoms with van der Waals surface area (Å²) in [7, 11) is 0. The van der Waals surface area contributed by atoms with Crippen molar-refractivity contribution in [1.29, 1.82) is 0 Å². The Morgan fingerprint density at radius 1 is 1.41 bits per heavy atom. The van der Waals surface area contributed by atoms with Crippen molar-refractivity contribution in [2.75, 3.05) is 11.9 Å². The van der Waals surface area contributed by atoms with E-state index >= 15 is 0 Å². The Labute approximate surface area is 98.1 Å². The molecular formula is C12H12FNO3. The van der Waals surface area contributed by atoms with Gasteiger partial charge in [0.2, 0.25) is 0 Å². The third-order valence-electron chi connectivity index (χ3n) is 1.80. The van der Waals surface area contributed by atoms with E-state index < -0.39 is 24.3 Å². The number of benzene rings is 1. The molecule has 0 heterocycles. The number of esters is 1. The van der Waals surface area contributed by atoms with Crippen LogP contribution >= 0.6 is 0 Å². The molecule has 0 fully saturated rings. The summed E-state index contributed by atoms with van der Waals surface area (Å²) in [4.78, 5) is 22.2. The average molecular weight is 237 g/mol. The van der Waals surface area contributed by atoms with Crippen molar-refractivity contribution in [2.24, 2.45) is 0 Å². The first-order chi connectivity index (χ1) is 8.13. The third-order valence-corrected chi connectivity index (χ3v) is 1.80. The number of hydrogen-bond donors (Lipinski definition) is 1. The maximum atomic E-state index is 13.1. The second kappa shape index (κ2) is 6.42. The Morgan fingerprint density at radius 3 is 2.76 bits per heavy atom. The number of rotatable bonds is 4. The lowest BCUT2D eigenvalue weighted by Gasteiger charge is -2.05. The summed E-state index contributed by atoms with van der Waals surface area (Å²) < 4.78 is 17.7. The fourth-order valence-corrected chi connectivity index (χ4v) is 1.07. The molecule has 0 aliphatic heterocycles. The topological polar surface area (TPSA) is 55.4 Å². The van der Waals surface area contributed by atoms with Gasteiger partial charge in [-0.05, 0) is 19.1 Å². The van der Waals surface area contributed by atoms with Gasteiger partial charge in [-0.3, -0.25) is 4.79 Å². The Hall–Kier alpha value is -2.17. The van der Waals surface area contributed by atoms with Crippen LogP contribution in [-0.2, 0) is 14.3 Å². The molecule has 0 atom stereocenters. The molecule has 0 aliphatic rings. The number of para-hydroxylation sites is 1. The van der Waals surface area contributed by atoms with Crippen LogP contribution in [0.4, 0.5) is 10.1 Å². The minimum Gasteiger partial charge on any atom is -0.452 e. The van der Waals surface area contributed by atoms with E-state index in [1.165, 1.54) is 30.4 Å². The zero-order valence-electron chi connectivity index (χ0n) is 9.27. The highest BCUT2D eigenvalue weighted by Gasteiger charge is 2.07. The summed E-state index contributed by atoms with van der Waals surface area (Å²) in [6.07, 6.45) is 2.69. The summed E-state index contributed by atoms with van der Waals surface area (Å²) in [5, 5.41) is 2.29. The minimum absolute atomic E-state index is 0.0552. The Morgan fingerprint density at radius 2 is 2.12 bits per heavy atom. The van der Waals surface area contributed by atoms with Gasteiger partial charge in [-0.2, -0.15) is 0 Å². The molecule has 1 aromatic rings. The van der Waals surface area contributed by atoms with Gasteiger partial charge in [0.1, 0.15) is 5.82 Å². The smallest absolute Gasteiger partial charge is 0.330 e. The lowest BCUT2D eigenvalue weighted by atomic mass is 10.3. The van der Waals surface area contributed by atoms with Gasteiger partial charge in [-0.1, -0.05) is 18.2 Å². The number of carbonyl (C=O) groups excluding carboxylic acids is 2. The highest BCUT2D eigenvalue weighted by atomic mass is 19.1. The molecule has 0 aromatic heterocycles. The highest BCUT2D eigenvalue weighted by Crippen LogP contribution is 2.11. The van der Waals surface area contributed by atoms with Gasteiger partial charge in [-0.15, -0.1) is 0 Å². The average Bonchev–Trinajstić information content (AvgIpc) is 2.30. The Kier molecular flexibility index (Phi) is 4.87. The zero-order valence-corrected chi connectivity index (χ0v) is 9.27. The zero-order chi connectivity index (χ0) is 12.7. The van der Waals surface area contributed by atoms with Crippen LogP contribution < -0.4 is 5.32 Å². The fourth-order valence-electron chi connectivity index (χ4n) is 1.07. The van der Waals surface area contributed by atoms with Crippen molar-refractivity contribution in [3.8, 4) is 0 Å². The van der Waals surface area contributed by atoms with Crippen LogP contribution in [0.5, 0.6) is 0 Å². The molecule has 1 aromatic carbocycles. The second-order valence-corrected chi connectivity index (χ2v) is 3.14. The fraction of sp³-hybridized carbons (Fsp3) is 0.167. The van der Waals surface area contributed by atoms with Crippen molar-refractivity contribution < 1.29 is 18.7 Å². The molecule has 0 saturated heterocycles. The van der Waals surface area contributed by atoms with Gasteiger partial charge in [0, 0.05) is 6.08 Å². The number of carbonyl (C=O) groups is 2. The number of hydrogen-bond acceptors (Lipinski definition) is 3. The van der Waals surface area contributed by atoms with Gasteiger partial charge >= 0.3 is 5.97 Å². The van der Waals surface area contributed by atoms with Crippen molar-refractivity contribution in [1.82, 2.24) is 0 Å². The molecular weight excluding hydrogens is 225 g/mol. The van der Waals surface area contributed by atoms with E-state index in [4.69, 9.17) is 0 Å². The van der Waals surface area contributed by atoms with Crippen LogP contribution in [0.3, 0.4) is 0 Å². The molecule has 0 saturated carbocycles. The molecule has 1 amide bonds. The molecule has 5 heteroatoms. The lowest BCUT2D eigenvalue weighted by Crippen LogP contribution is -2.20. The van der Waals surface area contributed by atoms with Gasteiger partial charge in [0.15, 0.2) is 6.61 Å². The van der Waals surface area contributed by atoms with Crippen LogP contribution in [-0.4, -0.2) is 18.5 Å². The van der Waals surface area contributed by atoms with E-state index in [0.717, 1.165) is 0 Å². The predicted octanol–water partition coefficient (Wildman–Crippen LogP) is 1.88. The van der Waals surface area contributed by atoms with Crippen LogP contribution in [0.15, 0.2) is 36.4 Å². The summed E-state index contributed by atoms with van der Waals surface area (Å²) in [6.45, 7) is 1.21. The molecule has 0 radical (unpaired) electrons. The maximum absolute atomic E-state index is 13.1. The van der Waals surface area contributed by atoms with Crippen LogP contribution in [0.1, 0.15) is 6.92 Å². The van der Waals surface area contributed by atoms with Crippen LogP contribution in [0.2, 0.25) is 0 Å². The number of allylic oxidation sites excluding steroid dienone is 1.